The summed E-state index contributed by atoms with van der Waals surface area (Å²) < 4.78 is 11.2. The molecule has 0 aliphatic rings. The van der Waals surface area contributed by atoms with E-state index in [4.69, 9.17) is 49.4 Å². The minimum absolute atomic E-state index is 0.0399. The third kappa shape index (κ3) is 8.17. The van der Waals surface area contributed by atoms with Crippen molar-refractivity contribution in [2.24, 2.45) is 11.6 Å². The van der Waals surface area contributed by atoms with Crippen LogP contribution in [0.4, 0.5) is 0 Å². The van der Waals surface area contributed by atoms with Crippen LogP contribution < -0.4 is 21.1 Å². The molecule has 0 aliphatic heterocycles. The van der Waals surface area contributed by atoms with E-state index in [1.54, 1.807) is 13.0 Å². The quantitative estimate of drug-likeness (QED) is 0.152. The molecule has 0 amide bonds. The minimum Gasteiger partial charge on any atom is -0.491 e. The van der Waals surface area contributed by atoms with Crippen molar-refractivity contribution in [3.05, 3.63) is 70.0 Å². The summed E-state index contributed by atoms with van der Waals surface area (Å²) in [7, 11) is 0. The Morgan fingerprint density at radius 1 is 1.03 bits per heavy atom. The third-order valence-electron chi connectivity index (χ3n) is 5.75. The van der Waals surface area contributed by atoms with Gasteiger partial charge in [-0.25, -0.2) is 5.84 Å². The topological polar surface area (TPSA) is 134 Å². The number of aliphatic hydroxyl groups excluding tert-OH is 3. The zero-order valence-electron chi connectivity index (χ0n) is 20.2. The average molecular weight is 528 g/mol. The van der Waals surface area contributed by atoms with E-state index in [1.165, 1.54) is 5.01 Å². The molecule has 2 rings (SSSR count). The van der Waals surface area contributed by atoms with Gasteiger partial charge in [-0.2, -0.15) is 0 Å². The van der Waals surface area contributed by atoms with Gasteiger partial charge in [0.1, 0.15) is 36.9 Å². The number of nitrogens with zero attached hydrogens (tertiary/aromatic N) is 1. The summed E-state index contributed by atoms with van der Waals surface area (Å²) in [5, 5.41) is 30.6. The van der Waals surface area contributed by atoms with Crippen LogP contribution >= 0.6 is 23.2 Å². The van der Waals surface area contributed by atoms with Crippen molar-refractivity contribution in [1.82, 2.24) is 5.01 Å². The maximum atomic E-state index is 10.2. The summed E-state index contributed by atoms with van der Waals surface area (Å²) in [5.41, 5.74) is 8.08. The molecule has 0 spiro atoms. The summed E-state index contributed by atoms with van der Waals surface area (Å²) in [5.74, 6) is 7.06. The van der Waals surface area contributed by atoms with Crippen molar-refractivity contribution < 1.29 is 24.8 Å². The van der Waals surface area contributed by atoms with E-state index in [9.17, 15) is 10.2 Å². The van der Waals surface area contributed by atoms with Crippen LogP contribution in [0.1, 0.15) is 31.9 Å². The Bertz CT molecular complexity index is 986. The molecule has 2 aromatic carbocycles. The molecule has 35 heavy (non-hydrogen) atoms. The molecule has 2 atom stereocenters. The van der Waals surface area contributed by atoms with Crippen LogP contribution in [0, 0.1) is 0 Å². The lowest BCUT2D eigenvalue weighted by Crippen LogP contribution is -2.40. The molecule has 7 N–H and O–H groups in total. The van der Waals surface area contributed by atoms with Crippen molar-refractivity contribution in [1.29, 1.82) is 0 Å². The highest BCUT2D eigenvalue weighted by Gasteiger charge is 2.24. The van der Waals surface area contributed by atoms with Crippen molar-refractivity contribution in [3.8, 4) is 11.5 Å². The molecule has 0 saturated heterocycles. The molecule has 1 unspecified atom stereocenters. The van der Waals surface area contributed by atoms with Gasteiger partial charge in [0.25, 0.3) is 0 Å². The lowest BCUT2D eigenvalue weighted by molar-refractivity contribution is 0.0779. The van der Waals surface area contributed by atoms with E-state index in [0.29, 0.717) is 22.2 Å². The van der Waals surface area contributed by atoms with E-state index in [0.717, 1.165) is 11.1 Å². The lowest BCUT2D eigenvalue weighted by atomic mass is 9.78. The van der Waals surface area contributed by atoms with Crippen LogP contribution in [0.2, 0.25) is 5.02 Å². The fourth-order valence-electron chi connectivity index (χ4n) is 3.28. The second-order valence-electron chi connectivity index (χ2n) is 8.80. The zero-order valence-corrected chi connectivity index (χ0v) is 21.8. The van der Waals surface area contributed by atoms with Gasteiger partial charge in [0.15, 0.2) is 0 Å². The molecule has 0 fully saturated rings. The van der Waals surface area contributed by atoms with E-state index in [2.05, 4.69) is 13.8 Å². The highest BCUT2D eigenvalue weighted by atomic mass is 35.5. The molecule has 2 aromatic rings. The first-order chi connectivity index (χ1) is 16.5. The van der Waals surface area contributed by atoms with Gasteiger partial charge in [-0.1, -0.05) is 43.6 Å². The number of alkyl halides is 1. The minimum atomic E-state index is -0.856. The van der Waals surface area contributed by atoms with Crippen molar-refractivity contribution in [2.45, 2.75) is 38.4 Å². The van der Waals surface area contributed by atoms with E-state index in [-0.39, 0.29) is 43.4 Å². The highest BCUT2D eigenvalue weighted by molar-refractivity contribution is 6.32. The summed E-state index contributed by atoms with van der Waals surface area (Å²) in [6.07, 6.45) is -1.61. The van der Waals surface area contributed by atoms with Gasteiger partial charge in [-0.15, -0.1) is 11.6 Å². The summed E-state index contributed by atoms with van der Waals surface area (Å²) in [6.45, 7) is 5.73. The predicted molar refractivity (Wildman–Crippen MR) is 139 cm³/mol. The smallest absolute Gasteiger partial charge is 0.138 e. The Kier molecular flexibility index (Phi) is 11.0. The second kappa shape index (κ2) is 13.2. The fraction of sp³-hybridized carbons (Fsp3) is 0.440. The van der Waals surface area contributed by atoms with Gasteiger partial charge < -0.3 is 35.5 Å². The van der Waals surface area contributed by atoms with Gasteiger partial charge in [0.2, 0.25) is 0 Å². The number of hydrogen-bond donors (Lipinski definition) is 5. The van der Waals surface area contributed by atoms with Crippen molar-refractivity contribution in [3.63, 3.8) is 0 Å². The number of halogens is 2. The number of allylic oxidation sites excluding steroid dienone is 1. The molecule has 8 nitrogen and oxygen atoms in total. The first-order valence-electron chi connectivity index (χ1n) is 11.2. The first-order valence-corrected chi connectivity index (χ1v) is 12.1. The Balaban J connectivity index is 2.00. The van der Waals surface area contributed by atoms with E-state index in [1.807, 2.05) is 36.4 Å². The molecule has 0 saturated carbocycles. The first kappa shape index (κ1) is 29.0. The molecular formula is C25H35Cl2N3O5. The number of hydrogen-bond acceptors (Lipinski definition) is 8. The Labute approximate surface area is 216 Å². The maximum Gasteiger partial charge on any atom is 0.138 e. The standard InChI is InChI=1S/C25H35Cl2N3O5/c1-16(23(28)13-31)30(29)12-20(33)15-34-21-7-4-17(5-8-21)25(2,3)18-6-9-24(22(27)10-18)35-14-19(32)11-26/h4-10,19-20,31-33H,11-15,28-29H2,1-3H3/b23-16-/t19?,20-/m1/s1. The predicted octanol–water partition coefficient (Wildman–Crippen LogP) is 2.74. The van der Waals surface area contributed by atoms with Crippen molar-refractivity contribution in [2.75, 3.05) is 32.2 Å². The van der Waals surface area contributed by atoms with Crippen molar-refractivity contribution >= 4 is 23.2 Å². The number of aliphatic hydroxyl groups is 3. The fourth-order valence-corrected chi connectivity index (χ4v) is 3.60. The second-order valence-corrected chi connectivity index (χ2v) is 9.52. The molecule has 0 heterocycles. The van der Waals surface area contributed by atoms with Crippen LogP contribution in [0.5, 0.6) is 11.5 Å². The van der Waals surface area contributed by atoms with Gasteiger partial charge in [0, 0.05) is 11.1 Å². The maximum absolute atomic E-state index is 10.2. The summed E-state index contributed by atoms with van der Waals surface area (Å²) in [4.78, 5) is 0. The van der Waals surface area contributed by atoms with Crippen LogP contribution in [0.3, 0.4) is 0 Å². The Morgan fingerprint density at radius 3 is 2.20 bits per heavy atom. The van der Waals surface area contributed by atoms with Gasteiger partial charge >= 0.3 is 0 Å². The highest BCUT2D eigenvalue weighted by Crippen LogP contribution is 2.36. The normalized spacial score (nSPS) is 14.2. The largest absolute Gasteiger partial charge is 0.491 e. The SMILES string of the molecule is C/C(=C(/N)CO)N(N)C[C@@H](O)COc1ccc(C(C)(C)c2ccc(OCC(O)CCl)c(Cl)c2)cc1. The van der Waals surface area contributed by atoms with Crippen LogP contribution in [-0.2, 0) is 5.41 Å². The molecule has 0 aliphatic carbocycles. The van der Waals surface area contributed by atoms with E-state index >= 15 is 0 Å². The molecule has 194 valence electrons. The van der Waals surface area contributed by atoms with Gasteiger partial charge in [-0.3, -0.25) is 0 Å². The lowest BCUT2D eigenvalue weighted by Gasteiger charge is -2.27. The Hall–Kier alpha value is -2.20. The van der Waals surface area contributed by atoms with E-state index < -0.39 is 12.2 Å². The molecule has 10 heteroatoms. The number of hydrazine groups is 1. The van der Waals surface area contributed by atoms with Crippen LogP contribution in [-0.4, -0.2) is 64.8 Å². The van der Waals surface area contributed by atoms with Gasteiger partial charge in [0.05, 0.1) is 29.8 Å². The molecule has 0 aromatic heterocycles. The summed E-state index contributed by atoms with van der Waals surface area (Å²) in [6, 6.07) is 13.2. The molecular weight excluding hydrogens is 493 g/mol. The number of rotatable bonds is 13. The van der Waals surface area contributed by atoms with Crippen LogP contribution in [0.25, 0.3) is 0 Å². The van der Waals surface area contributed by atoms with Crippen LogP contribution in [0.15, 0.2) is 53.9 Å². The summed E-state index contributed by atoms with van der Waals surface area (Å²) >= 11 is 12.0. The number of ether oxygens (including phenoxy) is 2. The third-order valence-corrected chi connectivity index (χ3v) is 6.41. The van der Waals surface area contributed by atoms with Gasteiger partial charge in [-0.05, 0) is 42.3 Å². The molecule has 0 bridgehead atoms. The number of nitrogens with two attached hydrogens (primary N) is 2. The number of benzene rings is 2. The monoisotopic (exact) mass is 527 g/mol. The Morgan fingerprint density at radius 2 is 1.63 bits per heavy atom. The zero-order chi connectivity index (χ0) is 26.2. The molecule has 0 radical (unpaired) electrons. The average Bonchev–Trinajstić information content (AvgIpc) is 2.85.